The van der Waals surface area contributed by atoms with Crippen LogP contribution in [0.15, 0.2) is 0 Å². The van der Waals surface area contributed by atoms with E-state index in [0.717, 1.165) is 24.1 Å². The van der Waals surface area contributed by atoms with Crippen LogP contribution in [0.2, 0.25) is 0 Å². The molecule has 94 valence electrons. The third-order valence-corrected chi connectivity index (χ3v) is 3.81. The van der Waals surface area contributed by atoms with Crippen molar-refractivity contribution in [1.82, 2.24) is 15.5 Å². The topological polar surface area (TPSA) is 57.8 Å². The van der Waals surface area contributed by atoms with Crippen LogP contribution in [0.25, 0.3) is 0 Å². The molecule has 17 heavy (non-hydrogen) atoms. The molecule has 0 radical (unpaired) electrons. The molecule has 2 N–H and O–H groups in total. The highest BCUT2D eigenvalue weighted by Gasteiger charge is 2.32. The van der Waals surface area contributed by atoms with E-state index in [1.165, 1.54) is 6.42 Å². The minimum atomic E-state index is -0.0861. The first-order valence-corrected chi connectivity index (χ1v) is 6.21. The maximum atomic E-state index is 11.7. The van der Waals surface area contributed by atoms with Crippen LogP contribution in [0.5, 0.6) is 0 Å². The number of carbonyl (C=O) groups excluding carboxylic acids is 1. The van der Waals surface area contributed by atoms with Gasteiger partial charge in [-0.15, -0.1) is 0 Å². The minimum Gasteiger partial charge on any atom is -0.354 e. The van der Waals surface area contributed by atoms with Crippen LogP contribution in [0.1, 0.15) is 48.9 Å². The van der Waals surface area contributed by atoms with Gasteiger partial charge >= 0.3 is 0 Å². The Morgan fingerprint density at radius 2 is 2.18 bits per heavy atom. The largest absolute Gasteiger partial charge is 0.354 e. The van der Waals surface area contributed by atoms with E-state index >= 15 is 0 Å². The van der Waals surface area contributed by atoms with Crippen molar-refractivity contribution < 1.29 is 4.79 Å². The van der Waals surface area contributed by atoms with Gasteiger partial charge in [0.25, 0.3) is 5.91 Å². The van der Waals surface area contributed by atoms with Crippen LogP contribution in [-0.4, -0.2) is 23.2 Å². The Labute approximate surface area is 102 Å². The summed E-state index contributed by atoms with van der Waals surface area (Å²) in [5.74, 6) is 0.535. The second kappa shape index (κ2) is 4.17. The number of hydrogen-bond donors (Lipinski definition) is 2. The van der Waals surface area contributed by atoms with Gasteiger partial charge in [0.05, 0.1) is 0 Å². The Kier molecular flexibility index (Phi) is 2.98. The molecule has 0 saturated carbocycles. The van der Waals surface area contributed by atoms with Gasteiger partial charge in [-0.05, 0) is 30.6 Å². The van der Waals surface area contributed by atoms with Crippen molar-refractivity contribution in [3.8, 4) is 0 Å². The second-order valence-electron chi connectivity index (χ2n) is 5.91. The molecule has 0 fully saturated rings. The lowest BCUT2D eigenvalue weighted by atomic mass is 9.71. The number of nitrogens with one attached hydrogen (secondary N) is 2. The Morgan fingerprint density at radius 3 is 2.76 bits per heavy atom. The average Bonchev–Trinajstić information content (AvgIpc) is 2.69. The molecule has 0 aromatic carbocycles. The first-order valence-electron chi connectivity index (χ1n) is 6.21. The average molecular weight is 235 g/mol. The highest BCUT2D eigenvalue weighted by Crippen LogP contribution is 2.37. The van der Waals surface area contributed by atoms with E-state index in [1.54, 1.807) is 7.05 Å². The Bertz CT molecular complexity index is 428. The van der Waals surface area contributed by atoms with Gasteiger partial charge in [-0.3, -0.25) is 9.89 Å². The molecule has 1 aliphatic rings. The number of carbonyl (C=O) groups is 1. The van der Waals surface area contributed by atoms with Gasteiger partial charge in [0.1, 0.15) is 0 Å². The number of hydrogen-bond acceptors (Lipinski definition) is 2. The summed E-state index contributed by atoms with van der Waals surface area (Å²) in [6.45, 7) is 6.80. The standard InChI is InChI=1S/C13H21N3O/c1-13(2,3)8-5-6-10-9(7-8)11(16-15-10)12(17)14-4/h8H,5-7H2,1-4H3,(H,14,17)(H,15,16). The quantitative estimate of drug-likeness (QED) is 0.781. The molecule has 0 spiro atoms. The fourth-order valence-corrected chi connectivity index (χ4v) is 2.54. The number of aryl methyl sites for hydroxylation is 1. The maximum absolute atomic E-state index is 11.7. The Balaban J connectivity index is 2.29. The summed E-state index contributed by atoms with van der Waals surface area (Å²) in [4.78, 5) is 11.7. The summed E-state index contributed by atoms with van der Waals surface area (Å²) >= 11 is 0. The molecule has 0 saturated heterocycles. The van der Waals surface area contributed by atoms with E-state index in [2.05, 4.69) is 36.3 Å². The maximum Gasteiger partial charge on any atom is 0.271 e. The van der Waals surface area contributed by atoms with Gasteiger partial charge in [0, 0.05) is 18.3 Å². The van der Waals surface area contributed by atoms with Gasteiger partial charge in [-0.25, -0.2) is 0 Å². The van der Waals surface area contributed by atoms with Gasteiger partial charge in [0.15, 0.2) is 5.69 Å². The van der Waals surface area contributed by atoms with Crippen LogP contribution in [-0.2, 0) is 12.8 Å². The molecule has 1 atom stereocenters. The fourth-order valence-electron chi connectivity index (χ4n) is 2.54. The van der Waals surface area contributed by atoms with Crippen molar-refractivity contribution in [3.63, 3.8) is 0 Å². The van der Waals surface area contributed by atoms with E-state index in [0.29, 0.717) is 11.6 Å². The smallest absolute Gasteiger partial charge is 0.271 e. The molecule has 1 aromatic heterocycles. The zero-order valence-corrected chi connectivity index (χ0v) is 11.1. The van der Waals surface area contributed by atoms with Crippen molar-refractivity contribution in [2.75, 3.05) is 7.05 Å². The molecule has 4 heteroatoms. The van der Waals surface area contributed by atoms with Crippen LogP contribution >= 0.6 is 0 Å². The van der Waals surface area contributed by atoms with Crippen LogP contribution in [0.3, 0.4) is 0 Å². The molecule has 1 aromatic rings. The van der Waals surface area contributed by atoms with Crippen molar-refractivity contribution in [1.29, 1.82) is 0 Å². The summed E-state index contributed by atoms with van der Waals surface area (Å²) in [6.07, 6.45) is 3.13. The first kappa shape index (κ1) is 12.1. The van der Waals surface area contributed by atoms with E-state index in [1.807, 2.05) is 0 Å². The SMILES string of the molecule is CNC(=O)c1n[nH]c2c1CC(C(C)(C)C)CC2. The first-order chi connectivity index (χ1) is 7.93. The van der Waals surface area contributed by atoms with Gasteiger partial charge in [-0.1, -0.05) is 20.8 Å². The summed E-state index contributed by atoms with van der Waals surface area (Å²) < 4.78 is 0. The summed E-state index contributed by atoms with van der Waals surface area (Å²) in [5, 5.41) is 9.80. The zero-order valence-electron chi connectivity index (χ0n) is 11.1. The molecule has 2 rings (SSSR count). The lowest BCUT2D eigenvalue weighted by Gasteiger charge is -2.33. The molecule has 1 amide bonds. The number of aromatic amines is 1. The van der Waals surface area contributed by atoms with E-state index in [9.17, 15) is 4.79 Å². The Hall–Kier alpha value is -1.32. The highest BCUT2D eigenvalue weighted by atomic mass is 16.1. The number of fused-ring (bicyclic) bond motifs is 1. The number of aromatic nitrogens is 2. The van der Waals surface area contributed by atoms with Gasteiger partial charge < -0.3 is 5.32 Å². The molecule has 1 heterocycles. The molecule has 0 aliphatic heterocycles. The van der Waals surface area contributed by atoms with Crippen molar-refractivity contribution in [2.45, 2.75) is 40.0 Å². The Morgan fingerprint density at radius 1 is 1.47 bits per heavy atom. The van der Waals surface area contributed by atoms with Crippen LogP contribution in [0.4, 0.5) is 0 Å². The van der Waals surface area contributed by atoms with Crippen molar-refractivity contribution in [2.24, 2.45) is 11.3 Å². The number of rotatable bonds is 1. The molecule has 0 bridgehead atoms. The van der Waals surface area contributed by atoms with Crippen molar-refractivity contribution in [3.05, 3.63) is 17.0 Å². The predicted octanol–water partition coefficient (Wildman–Crippen LogP) is 1.92. The van der Waals surface area contributed by atoms with Gasteiger partial charge in [0.2, 0.25) is 0 Å². The molecule has 1 unspecified atom stereocenters. The lowest BCUT2D eigenvalue weighted by Crippen LogP contribution is -2.28. The summed E-state index contributed by atoms with van der Waals surface area (Å²) in [6, 6.07) is 0. The summed E-state index contributed by atoms with van der Waals surface area (Å²) in [5.41, 5.74) is 3.13. The van der Waals surface area contributed by atoms with Gasteiger partial charge in [-0.2, -0.15) is 5.10 Å². The summed E-state index contributed by atoms with van der Waals surface area (Å²) in [7, 11) is 1.65. The molecule has 1 aliphatic carbocycles. The minimum absolute atomic E-state index is 0.0861. The second-order valence-corrected chi connectivity index (χ2v) is 5.91. The third-order valence-electron chi connectivity index (χ3n) is 3.81. The number of amides is 1. The number of nitrogens with zero attached hydrogens (tertiary/aromatic N) is 1. The fraction of sp³-hybridized carbons (Fsp3) is 0.692. The number of H-pyrrole nitrogens is 1. The highest BCUT2D eigenvalue weighted by molar-refractivity contribution is 5.93. The third kappa shape index (κ3) is 2.21. The normalized spacial score (nSPS) is 19.9. The molecular formula is C13H21N3O. The van der Waals surface area contributed by atoms with E-state index in [4.69, 9.17) is 0 Å². The molecule has 4 nitrogen and oxygen atoms in total. The lowest BCUT2D eigenvalue weighted by molar-refractivity contribution is 0.0956. The van der Waals surface area contributed by atoms with E-state index < -0.39 is 0 Å². The van der Waals surface area contributed by atoms with E-state index in [-0.39, 0.29) is 11.3 Å². The molecular weight excluding hydrogens is 214 g/mol. The van der Waals surface area contributed by atoms with Crippen LogP contribution in [0, 0.1) is 11.3 Å². The van der Waals surface area contributed by atoms with Crippen molar-refractivity contribution >= 4 is 5.91 Å². The predicted molar refractivity (Wildman–Crippen MR) is 66.9 cm³/mol. The van der Waals surface area contributed by atoms with Crippen LogP contribution < -0.4 is 5.32 Å². The zero-order chi connectivity index (χ0) is 12.6. The monoisotopic (exact) mass is 235 g/mol.